The summed E-state index contributed by atoms with van der Waals surface area (Å²) in [5.74, 6) is -2.62. The van der Waals surface area contributed by atoms with Crippen LogP contribution in [0.15, 0.2) is 60.9 Å². The Bertz CT molecular complexity index is 1450. The highest BCUT2D eigenvalue weighted by Crippen LogP contribution is 2.32. The van der Waals surface area contributed by atoms with Gasteiger partial charge >= 0.3 is 36.3 Å². The van der Waals surface area contributed by atoms with E-state index in [1.807, 2.05) is 0 Å². The number of carbonyl (C=O) groups is 2. The second-order valence-electron chi connectivity index (χ2n) is 9.16. The van der Waals surface area contributed by atoms with Crippen LogP contribution in [0.3, 0.4) is 0 Å². The van der Waals surface area contributed by atoms with Crippen LogP contribution in [0.5, 0.6) is 23.5 Å². The third-order valence-corrected chi connectivity index (χ3v) is 5.80. The first-order valence-electron chi connectivity index (χ1n) is 13.0. The number of halogens is 6. The zero-order valence-corrected chi connectivity index (χ0v) is 22.6. The number of nitrogens with one attached hydrogen (secondary N) is 2. The summed E-state index contributed by atoms with van der Waals surface area (Å²) in [5, 5.41) is 0. The predicted octanol–water partition coefficient (Wildman–Crippen LogP) is 5.70. The summed E-state index contributed by atoms with van der Waals surface area (Å²) in [5.41, 5.74) is -0.605. The molecule has 0 amide bonds. The highest BCUT2D eigenvalue weighted by Gasteiger charge is 2.31. The molecule has 2 N–H and O–H groups in total. The number of aromatic amines is 2. The number of ether oxygens (including phenoxy) is 4. The zero-order valence-electron chi connectivity index (χ0n) is 22.6. The van der Waals surface area contributed by atoms with E-state index >= 15 is 0 Å². The molecule has 0 spiro atoms. The van der Waals surface area contributed by atoms with Gasteiger partial charge in [-0.1, -0.05) is 12.1 Å². The van der Waals surface area contributed by atoms with Gasteiger partial charge in [0.2, 0.25) is 0 Å². The number of esters is 2. The standard InChI is InChI=1S/C28H24F6N4O6/c29-27(30,31)17-5-1-9-21(13-17)41-11-3-7-19-15-35-25(37-19)43-23(39)24(40)44-26-36-16-20(38-26)8-4-12-42-22-10-2-6-18(14-22)28(32,33)34/h1-2,5-6,9-10,13-16H,3-4,7-8,11-12H2,(H,35,37)(H,36,38). The van der Waals surface area contributed by atoms with Crippen molar-refractivity contribution in [3.05, 3.63) is 83.4 Å². The number of aryl methyl sites for hydroxylation is 2. The van der Waals surface area contributed by atoms with Gasteiger partial charge in [-0.05, 0) is 62.1 Å². The average molecular weight is 627 g/mol. The van der Waals surface area contributed by atoms with Crippen LogP contribution in [0, 0.1) is 0 Å². The molecular weight excluding hydrogens is 602 g/mol. The highest BCUT2D eigenvalue weighted by molar-refractivity contribution is 6.30. The number of rotatable bonds is 12. The molecule has 44 heavy (non-hydrogen) atoms. The fourth-order valence-corrected chi connectivity index (χ4v) is 3.72. The molecule has 0 saturated carbocycles. The maximum absolute atomic E-state index is 12.8. The Hall–Kier alpha value is -5.02. The van der Waals surface area contributed by atoms with Crippen molar-refractivity contribution in [3.8, 4) is 23.5 Å². The molecule has 234 valence electrons. The normalized spacial score (nSPS) is 11.7. The number of hydrogen-bond donors (Lipinski definition) is 2. The van der Waals surface area contributed by atoms with Gasteiger partial charge in [-0.3, -0.25) is 0 Å². The lowest BCUT2D eigenvalue weighted by Gasteiger charge is -2.10. The van der Waals surface area contributed by atoms with E-state index in [0.717, 1.165) is 24.3 Å². The van der Waals surface area contributed by atoms with Gasteiger partial charge in [0.15, 0.2) is 0 Å². The monoisotopic (exact) mass is 626 g/mol. The van der Waals surface area contributed by atoms with Gasteiger partial charge in [0.05, 0.1) is 36.7 Å². The molecular formula is C28H24F6N4O6. The highest BCUT2D eigenvalue weighted by atomic mass is 19.4. The first-order chi connectivity index (χ1) is 20.9. The van der Waals surface area contributed by atoms with Gasteiger partial charge in [0, 0.05) is 11.4 Å². The summed E-state index contributed by atoms with van der Waals surface area (Å²) in [4.78, 5) is 37.3. The molecule has 2 aromatic heterocycles. The van der Waals surface area contributed by atoms with Crippen LogP contribution in [-0.2, 0) is 34.8 Å². The van der Waals surface area contributed by atoms with Crippen LogP contribution in [0.4, 0.5) is 26.3 Å². The van der Waals surface area contributed by atoms with Crippen molar-refractivity contribution in [2.75, 3.05) is 13.2 Å². The van der Waals surface area contributed by atoms with E-state index in [0.29, 0.717) is 37.1 Å². The largest absolute Gasteiger partial charge is 0.494 e. The third kappa shape index (κ3) is 9.50. The van der Waals surface area contributed by atoms with Crippen LogP contribution >= 0.6 is 0 Å². The summed E-state index contributed by atoms with van der Waals surface area (Å²) in [6.07, 6.45) is -4.74. The maximum Gasteiger partial charge on any atom is 0.425 e. The molecule has 10 nitrogen and oxygen atoms in total. The van der Waals surface area contributed by atoms with Crippen molar-refractivity contribution >= 4 is 11.9 Å². The Balaban J connectivity index is 1.15. The Morgan fingerprint density at radius 3 is 1.45 bits per heavy atom. The first kappa shape index (κ1) is 31.9. The molecule has 0 aliphatic rings. The third-order valence-electron chi connectivity index (χ3n) is 5.80. The van der Waals surface area contributed by atoms with Crippen molar-refractivity contribution in [3.63, 3.8) is 0 Å². The van der Waals surface area contributed by atoms with Crippen molar-refractivity contribution in [1.82, 2.24) is 19.9 Å². The SMILES string of the molecule is O=C(Oc1ncc(CCCOc2cccc(C(F)(F)F)c2)[nH]1)C(=O)Oc1ncc(CCCOc2cccc(C(F)(F)F)c2)[nH]1. The molecule has 4 aromatic rings. The van der Waals surface area contributed by atoms with E-state index in [2.05, 4.69) is 19.9 Å². The molecule has 0 aliphatic heterocycles. The van der Waals surface area contributed by atoms with Crippen molar-refractivity contribution in [2.45, 2.75) is 38.0 Å². The van der Waals surface area contributed by atoms with Crippen molar-refractivity contribution in [1.29, 1.82) is 0 Å². The van der Waals surface area contributed by atoms with Crippen molar-refractivity contribution in [2.24, 2.45) is 0 Å². The molecule has 16 heteroatoms. The molecule has 0 aliphatic carbocycles. The average Bonchev–Trinajstić information content (AvgIpc) is 3.62. The molecule has 2 aromatic carbocycles. The fourth-order valence-electron chi connectivity index (χ4n) is 3.72. The number of alkyl halides is 6. The minimum atomic E-state index is -4.48. The molecule has 0 fully saturated rings. The molecule has 0 atom stereocenters. The van der Waals surface area contributed by atoms with Gasteiger partial charge < -0.3 is 28.9 Å². The van der Waals surface area contributed by atoms with E-state index in [1.54, 1.807) is 0 Å². The van der Waals surface area contributed by atoms with E-state index in [1.165, 1.54) is 36.7 Å². The van der Waals surface area contributed by atoms with Gasteiger partial charge in [-0.15, -0.1) is 0 Å². The fraction of sp³-hybridized carbons (Fsp3) is 0.286. The Labute approximate surface area is 245 Å². The van der Waals surface area contributed by atoms with Crippen LogP contribution in [-0.4, -0.2) is 45.1 Å². The summed E-state index contributed by atoms with van der Waals surface area (Å²) in [6.45, 7) is 0.214. The molecule has 0 bridgehead atoms. The number of imidazole rings is 2. The zero-order chi connectivity index (χ0) is 31.7. The number of H-pyrrole nitrogens is 2. The summed E-state index contributed by atoms with van der Waals surface area (Å²) in [7, 11) is 0. The van der Waals surface area contributed by atoms with Crippen LogP contribution in [0.25, 0.3) is 0 Å². The summed E-state index contributed by atoms with van der Waals surface area (Å²) >= 11 is 0. The molecule has 0 radical (unpaired) electrons. The van der Waals surface area contributed by atoms with Crippen LogP contribution in [0.1, 0.15) is 35.4 Å². The number of hydrogen-bond acceptors (Lipinski definition) is 8. The lowest BCUT2D eigenvalue weighted by atomic mass is 10.2. The topological polar surface area (TPSA) is 128 Å². The Morgan fingerprint density at radius 1 is 0.659 bits per heavy atom. The number of nitrogens with zero attached hydrogens (tertiary/aromatic N) is 2. The van der Waals surface area contributed by atoms with E-state index in [4.69, 9.17) is 18.9 Å². The summed E-state index contributed by atoms with van der Waals surface area (Å²) < 4.78 is 97.2. The Morgan fingerprint density at radius 2 is 1.07 bits per heavy atom. The van der Waals surface area contributed by atoms with Crippen LogP contribution in [0.2, 0.25) is 0 Å². The minimum Gasteiger partial charge on any atom is -0.494 e. The summed E-state index contributed by atoms with van der Waals surface area (Å²) in [6, 6.07) is 8.45. The molecule has 0 unspecified atom stereocenters. The number of benzene rings is 2. The van der Waals surface area contributed by atoms with Crippen molar-refractivity contribution < 1.29 is 54.9 Å². The second kappa shape index (κ2) is 14.0. The van der Waals surface area contributed by atoms with Gasteiger partial charge in [0.1, 0.15) is 11.5 Å². The Kier molecular flexibility index (Phi) is 10.1. The first-order valence-corrected chi connectivity index (χ1v) is 13.0. The van der Waals surface area contributed by atoms with Gasteiger partial charge in [0.25, 0.3) is 0 Å². The maximum atomic E-state index is 12.8. The van der Waals surface area contributed by atoms with Gasteiger partial charge in [-0.2, -0.15) is 26.3 Å². The van der Waals surface area contributed by atoms with Gasteiger partial charge in [-0.25, -0.2) is 19.6 Å². The van der Waals surface area contributed by atoms with E-state index < -0.39 is 35.4 Å². The molecule has 0 saturated heterocycles. The number of aromatic nitrogens is 4. The predicted molar refractivity (Wildman–Crippen MR) is 139 cm³/mol. The molecule has 2 heterocycles. The second-order valence-corrected chi connectivity index (χ2v) is 9.16. The molecule has 4 rings (SSSR count). The lowest BCUT2D eigenvalue weighted by Crippen LogP contribution is -2.26. The minimum absolute atomic E-state index is 0.0734. The smallest absolute Gasteiger partial charge is 0.425 e. The van der Waals surface area contributed by atoms with Crippen LogP contribution < -0.4 is 18.9 Å². The van der Waals surface area contributed by atoms with E-state index in [9.17, 15) is 35.9 Å². The number of carbonyl (C=O) groups excluding carboxylic acids is 2. The quantitative estimate of drug-likeness (QED) is 0.0887. The lowest BCUT2D eigenvalue weighted by molar-refractivity contribution is -0.156. The van der Waals surface area contributed by atoms with E-state index in [-0.39, 0.29) is 36.7 Å².